The molecule has 5 nitrogen and oxygen atoms in total. The van der Waals surface area contributed by atoms with Gasteiger partial charge in [0, 0.05) is 12.6 Å². The molecule has 0 aromatic heterocycles. The van der Waals surface area contributed by atoms with E-state index in [1.165, 1.54) is 0 Å². The Hall–Kier alpha value is -0.980. The van der Waals surface area contributed by atoms with Crippen molar-refractivity contribution < 1.29 is 10.0 Å². The molecule has 2 rings (SSSR count). The van der Waals surface area contributed by atoms with E-state index in [0.717, 1.165) is 37.8 Å². The molecule has 0 bridgehead atoms. The zero-order valence-corrected chi connectivity index (χ0v) is 12.8. The Balaban J connectivity index is 1.82. The van der Waals surface area contributed by atoms with E-state index in [1.54, 1.807) is 12.1 Å². The van der Waals surface area contributed by atoms with Gasteiger partial charge < -0.3 is 10.4 Å². The van der Waals surface area contributed by atoms with E-state index in [0.29, 0.717) is 16.9 Å². The van der Waals surface area contributed by atoms with E-state index in [4.69, 9.17) is 0 Å². The third-order valence-electron chi connectivity index (χ3n) is 3.79. The number of nitrogens with one attached hydrogen (secondary N) is 1. The second-order valence-electron chi connectivity index (χ2n) is 5.35. The molecule has 2 N–H and O–H groups in total. The highest BCUT2D eigenvalue weighted by atomic mass is 79.9. The summed E-state index contributed by atoms with van der Waals surface area (Å²) in [4.78, 5) is 10.5. The molecule has 0 atom stereocenters. The number of hydrogen-bond acceptors (Lipinski definition) is 4. The molecule has 0 heterocycles. The Bertz CT molecular complexity index is 473. The van der Waals surface area contributed by atoms with Crippen LogP contribution in [-0.4, -0.2) is 22.7 Å². The third-order valence-corrected chi connectivity index (χ3v) is 4.46. The quantitative estimate of drug-likeness (QED) is 0.637. The van der Waals surface area contributed by atoms with E-state index >= 15 is 0 Å². The number of aliphatic hydroxyl groups is 1. The van der Waals surface area contributed by atoms with Crippen molar-refractivity contribution in [1.29, 1.82) is 0 Å². The van der Waals surface area contributed by atoms with E-state index in [9.17, 15) is 15.2 Å². The zero-order valence-electron chi connectivity index (χ0n) is 11.2. The van der Waals surface area contributed by atoms with Crippen LogP contribution >= 0.6 is 15.9 Å². The molecule has 1 fully saturated rings. The maximum absolute atomic E-state index is 10.9. The lowest BCUT2D eigenvalue weighted by Crippen LogP contribution is -2.27. The monoisotopic (exact) mass is 342 g/mol. The summed E-state index contributed by atoms with van der Waals surface area (Å²) >= 11 is 3.18. The summed E-state index contributed by atoms with van der Waals surface area (Å²) < 4.78 is 0.507. The second kappa shape index (κ2) is 7.15. The van der Waals surface area contributed by atoms with Crippen LogP contribution in [-0.2, 0) is 6.54 Å². The van der Waals surface area contributed by atoms with Crippen LogP contribution in [0.1, 0.15) is 31.2 Å². The summed E-state index contributed by atoms with van der Waals surface area (Å²) in [5.74, 6) is 0.601. The van der Waals surface area contributed by atoms with Crippen molar-refractivity contribution in [3.63, 3.8) is 0 Å². The van der Waals surface area contributed by atoms with Crippen LogP contribution in [0.4, 0.5) is 5.69 Å². The molecule has 0 spiro atoms. The number of rotatable bonds is 5. The lowest BCUT2D eigenvalue weighted by atomic mass is 9.87. The number of halogens is 1. The van der Waals surface area contributed by atoms with E-state index in [-0.39, 0.29) is 16.7 Å². The Morgan fingerprint density at radius 2 is 2.05 bits per heavy atom. The summed E-state index contributed by atoms with van der Waals surface area (Å²) in [5, 5.41) is 23.7. The van der Waals surface area contributed by atoms with Crippen molar-refractivity contribution in [2.45, 2.75) is 38.3 Å². The van der Waals surface area contributed by atoms with Crippen LogP contribution < -0.4 is 5.32 Å². The summed E-state index contributed by atoms with van der Waals surface area (Å²) in [5.41, 5.74) is 1.01. The molecule has 1 aliphatic carbocycles. The first-order valence-electron chi connectivity index (χ1n) is 6.88. The maximum atomic E-state index is 10.9. The highest BCUT2D eigenvalue weighted by molar-refractivity contribution is 9.10. The van der Waals surface area contributed by atoms with Crippen LogP contribution in [0.5, 0.6) is 0 Å². The predicted octanol–water partition coefficient (Wildman–Crippen LogP) is 3.00. The fourth-order valence-corrected chi connectivity index (χ4v) is 2.97. The highest BCUT2D eigenvalue weighted by Crippen LogP contribution is 2.26. The molecule has 1 saturated carbocycles. The fourth-order valence-electron chi connectivity index (χ4n) is 2.58. The molecule has 20 heavy (non-hydrogen) atoms. The molecule has 1 aromatic carbocycles. The van der Waals surface area contributed by atoms with Crippen molar-refractivity contribution in [2.24, 2.45) is 5.92 Å². The minimum Gasteiger partial charge on any atom is -0.393 e. The molecular formula is C14H19BrN2O3. The predicted molar refractivity (Wildman–Crippen MR) is 80.5 cm³/mol. The molecule has 0 amide bonds. The van der Waals surface area contributed by atoms with E-state index in [1.807, 2.05) is 6.07 Å². The first kappa shape index (κ1) is 15.4. The lowest BCUT2D eigenvalue weighted by molar-refractivity contribution is -0.385. The fraction of sp³-hybridized carbons (Fsp3) is 0.571. The molecule has 0 unspecified atom stereocenters. The van der Waals surface area contributed by atoms with Crippen LogP contribution in [0.2, 0.25) is 0 Å². The molecule has 1 aromatic rings. The van der Waals surface area contributed by atoms with Gasteiger partial charge in [-0.3, -0.25) is 10.1 Å². The standard InChI is InChI=1S/C14H19BrN2O3/c15-13-6-3-11(7-14(13)17(19)20)9-16-8-10-1-4-12(18)5-2-10/h3,6-7,10,12,16,18H,1-2,4-5,8-9H2. The van der Waals surface area contributed by atoms with E-state index < -0.39 is 0 Å². The van der Waals surface area contributed by atoms with Crippen LogP contribution in [0.25, 0.3) is 0 Å². The number of nitro benzene ring substituents is 1. The van der Waals surface area contributed by atoms with Gasteiger partial charge in [-0.2, -0.15) is 0 Å². The summed E-state index contributed by atoms with van der Waals surface area (Å²) in [6.45, 7) is 1.53. The van der Waals surface area contributed by atoms with Gasteiger partial charge >= 0.3 is 0 Å². The molecule has 0 aliphatic heterocycles. The summed E-state index contributed by atoms with van der Waals surface area (Å²) in [7, 11) is 0. The molecule has 6 heteroatoms. The highest BCUT2D eigenvalue weighted by Gasteiger charge is 2.19. The van der Waals surface area contributed by atoms with Crippen LogP contribution in [0.3, 0.4) is 0 Å². The SMILES string of the molecule is O=[N+]([O-])c1cc(CNCC2CCC(O)CC2)ccc1Br. The Labute approximate surface area is 126 Å². The average Bonchev–Trinajstić information content (AvgIpc) is 2.42. The normalized spacial score (nSPS) is 22.7. The van der Waals surface area contributed by atoms with Crippen molar-refractivity contribution in [1.82, 2.24) is 5.32 Å². The zero-order chi connectivity index (χ0) is 14.5. The van der Waals surface area contributed by atoms with Gasteiger partial charge in [-0.25, -0.2) is 0 Å². The van der Waals surface area contributed by atoms with Crippen molar-refractivity contribution in [3.8, 4) is 0 Å². The van der Waals surface area contributed by atoms with Gasteiger partial charge in [-0.1, -0.05) is 6.07 Å². The number of nitrogens with zero attached hydrogens (tertiary/aromatic N) is 1. The largest absolute Gasteiger partial charge is 0.393 e. The lowest BCUT2D eigenvalue weighted by Gasteiger charge is -2.25. The summed E-state index contributed by atoms with van der Waals surface area (Å²) in [6, 6.07) is 5.20. The smallest absolute Gasteiger partial charge is 0.283 e. The van der Waals surface area contributed by atoms with Crippen molar-refractivity contribution in [2.75, 3.05) is 6.54 Å². The third kappa shape index (κ3) is 4.26. The molecular weight excluding hydrogens is 324 g/mol. The summed E-state index contributed by atoms with van der Waals surface area (Å²) in [6.07, 6.45) is 3.75. The maximum Gasteiger partial charge on any atom is 0.283 e. The number of aliphatic hydroxyl groups excluding tert-OH is 1. The molecule has 0 radical (unpaired) electrons. The Kier molecular flexibility index (Phi) is 5.51. The first-order valence-corrected chi connectivity index (χ1v) is 7.67. The van der Waals surface area contributed by atoms with Gasteiger partial charge in [0.2, 0.25) is 0 Å². The van der Waals surface area contributed by atoms with Crippen molar-refractivity contribution >= 4 is 21.6 Å². The number of hydrogen-bond donors (Lipinski definition) is 2. The minimum absolute atomic E-state index is 0.102. The van der Waals surface area contributed by atoms with Crippen LogP contribution in [0.15, 0.2) is 22.7 Å². The van der Waals surface area contributed by atoms with Gasteiger partial charge in [0.15, 0.2) is 0 Å². The van der Waals surface area contributed by atoms with Gasteiger partial charge in [-0.05, 0) is 65.7 Å². The van der Waals surface area contributed by atoms with Gasteiger partial charge in [0.05, 0.1) is 15.5 Å². The molecule has 1 aliphatic rings. The van der Waals surface area contributed by atoms with E-state index in [2.05, 4.69) is 21.2 Å². The first-order chi connectivity index (χ1) is 9.56. The Morgan fingerprint density at radius 3 is 2.70 bits per heavy atom. The topological polar surface area (TPSA) is 75.4 Å². The number of nitro groups is 1. The average molecular weight is 343 g/mol. The van der Waals surface area contributed by atoms with Gasteiger partial charge in [-0.15, -0.1) is 0 Å². The van der Waals surface area contributed by atoms with Gasteiger partial charge in [0.25, 0.3) is 5.69 Å². The van der Waals surface area contributed by atoms with Crippen molar-refractivity contribution in [3.05, 3.63) is 38.3 Å². The second-order valence-corrected chi connectivity index (χ2v) is 6.20. The minimum atomic E-state index is -0.379. The molecule has 0 saturated heterocycles. The van der Waals surface area contributed by atoms with Gasteiger partial charge in [0.1, 0.15) is 0 Å². The number of benzene rings is 1. The molecule has 110 valence electrons. The van der Waals surface area contributed by atoms with Crippen LogP contribution in [0, 0.1) is 16.0 Å². The Morgan fingerprint density at radius 1 is 1.35 bits per heavy atom.